The Morgan fingerprint density at radius 1 is 1.20 bits per heavy atom. The van der Waals surface area contributed by atoms with E-state index >= 15 is 0 Å². The maximum absolute atomic E-state index is 13.0. The predicted octanol–water partition coefficient (Wildman–Crippen LogP) is 4.69. The number of nitriles is 1. The summed E-state index contributed by atoms with van der Waals surface area (Å²) in [4.78, 5) is 21.2. The van der Waals surface area contributed by atoms with Crippen molar-refractivity contribution < 1.29 is 18.0 Å². The van der Waals surface area contributed by atoms with Crippen LogP contribution in [0, 0.1) is 18.3 Å². The van der Waals surface area contributed by atoms with E-state index in [1.165, 1.54) is 28.3 Å². The summed E-state index contributed by atoms with van der Waals surface area (Å²) < 4.78 is 40.3. The van der Waals surface area contributed by atoms with E-state index in [9.17, 15) is 23.2 Å². The molecule has 0 saturated heterocycles. The topological polar surface area (TPSA) is 84.5 Å². The molecule has 3 heterocycles. The maximum Gasteiger partial charge on any atom is 0.417 e. The SMILES string of the molecule is Cc1c(C(=O)C(C#N)c2nc3ccccc3s2)cnn1-c1ccc(C(F)(F)F)cn1. The van der Waals surface area contributed by atoms with Crippen molar-refractivity contribution in [3.63, 3.8) is 0 Å². The minimum Gasteiger partial charge on any atom is -0.292 e. The number of thiazole rings is 1. The standard InChI is InChI=1S/C20H12F3N5OS/c1-11-14(10-26-28(11)17-7-6-12(9-25-17)20(21,22)23)18(29)13(8-24)19-27-15-4-2-3-5-16(15)30-19/h2-7,9-10,13H,1H3. The van der Waals surface area contributed by atoms with Gasteiger partial charge in [0.05, 0.1) is 39.3 Å². The number of benzene rings is 1. The first-order valence-electron chi connectivity index (χ1n) is 8.67. The highest BCUT2D eigenvalue weighted by Gasteiger charge is 2.31. The van der Waals surface area contributed by atoms with E-state index in [0.29, 0.717) is 22.4 Å². The molecule has 0 aliphatic rings. The second kappa shape index (κ2) is 7.35. The zero-order chi connectivity index (χ0) is 21.5. The first kappa shape index (κ1) is 19.7. The van der Waals surface area contributed by atoms with E-state index < -0.39 is 23.4 Å². The normalized spacial score (nSPS) is 12.6. The lowest BCUT2D eigenvalue weighted by atomic mass is 10.00. The molecular formula is C20H12F3N5OS. The van der Waals surface area contributed by atoms with Crippen molar-refractivity contribution in [1.82, 2.24) is 19.7 Å². The molecule has 0 bridgehead atoms. The van der Waals surface area contributed by atoms with E-state index in [0.717, 1.165) is 10.8 Å². The third-order valence-corrected chi connectivity index (χ3v) is 5.62. The van der Waals surface area contributed by atoms with Crippen LogP contribution in [0.3, 0.4) is 0 Å². The number of fused-ring (bicyclic) bond motifs is 1. The van der Waals surface area contributed by atoms with Crippen molar-refractivity contribution in [2.24, 2.45) is 0 Å². The van der Waals surface area contributed by atoms with Crippen molar-refractivity contribution in [2.45, 2.75) is 19.0 Å². The number of para-hydroxylation sites is 1. The van der Waals surface area contributed by atoms with Gasteiger partial charge in [-0.1, -0.05) is 12.1 Å². The molecule has 0 fully saturated rings. The number of carbonyl (C=O) groups is 1. The Morgan fingerprint density at radius 3 is 2.60 bits per heavy atom. The summed E-state index contributed by atoms with van der Waals surface area (Å²) in [6, 6.07) is 11.4. The molecular weight excluding hydrogens is 415 g/mol. The molecule has 0 radical (unpaired) electrons. The van der Waals surface area contributed by atoms with E-state index in [2.05, 4.69) is 15.1 Å². The van der Waals surface area contributed by atoms with Gasteiger partial charge < -0.3 is 0 Å². The molecule has 0 aliphatic carbocycles. The quantitative estimate of drug-likeness (QED) is 0.441. The van der Waals surface area contributed by atoms with Gasteiger partial charge in [-0.25, -0.2) is 14.6 Å². The Morgan fingerprint density at radius 2 is 1.97 bits per heavy atom. The van der Waals surface area contributed by atoms with E-state index in [1.807, 2.05) is 24.3 Å². The molecule has 0 N–H and O–H groups in total. The van der Waals surface area contributed by atoms with Crippen LogP contribution in [0.2, 0.25) is 0 Å². The molecule has 10 heteroatoms. The lowest BCUT2D eigenvalue weighted by Gasteiger charge is -2.08. The fourth-order valence-corrected chi connectivity index (χ4v) is 3.97. The minimum atomic E-state index is -4.50. The Kier molecular flexibility index (Phi) is 4.83. The average Bonchev–Trinajstić information content (AvgIpc) is 3.31. The van der Waals surface area contributed by atoms with Gasteiger partial charge in [0.25, 0.3) is 0 Å². The van der Waals surface area contributed by atoms with E-state index in [4.69, 9.17) is 0 Å². The van der Waals surface area contributed by atoms with Gasteiger partial charge in [0.1, 0.15) is 5.01 Å². The maximum atomic E-state index is 13.0. The second-order valence-electron chi connectivity index (χ2n) is 6.40. The summed E-state index contributed by atoms with van der Waals surface area (Å²) in [5.41, 5.74) is 0.371. The second-order valence-corrected chi connectivity index (χ2v) is 7.47. The van der Waals surface area contributed by atoms with Crippen LogP contribution in [-0.2, 0) is 6.18 Å². The summed E-state index contributed by atoms with van der Waals surface area (Å²) in [7, 11) is 0. The molecule has 30 heavy (non-hydrogen) atoms. The monoisotopic (exact) mass is 427 g/mol. The van der Waals surface area contributed by atoms with Crippen LogP contribution in [-0.4, -0.2) is 25.5 Å². The van der Waals surface area contributed by atoms with Gasteiger partial charge in [-0.2, -0.15) is 23.5 Å². The molecule has 6 nitrogen and oxygen atoms in total. The summed E-state index contributed by atoms with van der Waals surface area (Å²) in [6.07, 6.45) is -2.51. The molecule has 0 aliphatic heterocycles. The Bertz CT molecular complexity index is 1250. The fraction of sp³-hybridized carbons (Fsp3) is 0.150. The smallest absolute Gasteiger partial charge is 0.292 e. The zero-order valence-corrected chi connectivity index (χ0v) is 16.2. The fourth-order valence-electron chi connectivity index (χ4n) is 2.96. The Hall–Kier alpha value is -3.58. The lowest BCUT2D eigenvalue weighted by Crippen LogP contribution is -2.13. The van der Waals surface area contributed by atoms with Crippen LogP contribution in [0.5, 0.6) is 0 Å². The van der Waals surface area contributed by atoms with Gasteiger partial charge in [0, 0.05) is 6.20 Å². The van der Waals surface area contributed by atoms with Gasteiger partial charge in [0.15, 0.2) is 17.5 Å². The summed E-state index contributed by atoms with van der Waals surface area (Å²) in [5, 5.41) is 14.1. The molecule has 150 valence electrons. The number of ketones is 1. The minimum absolute atomic E-state index is 0.132. The highest BCUT2D eigenvalue weighted by molar-refractivity contribution is 7.18. The van der Waals surface area contributed by atoms with Gasteiger partial charge >= 0.3 is 6.18 Å². The van der Waals surface area contributed by atoms with Crippen molar-refractivity contribution >= 4 is 27.3 Å². The van der Waals surface area contributed by atoms with Gasteiger partial charge in [-0.3, -0.25) is 4.79 Å². The first-order chi connectivity index (χ1) is 14.3. The third kappa shape index (κ3) is 3.44. The van der Waals surface area contributed by atoms with Crippen molar-refractivity contribution in [3.8, 4) is 11.9 Å². The van der Waals surface area contributed by atoms with Crippen LogP contribution < -0.4 is 0 Å². The van der Waals surface area contributed by atoms with Crippen LogP contribution in [0.4, 0.5) is 13.2 Å². The molecule has 1 aromatic carbocycles. The van der Waals surface area contributed by atoms with E-state index in [1.54, 1.807) is 13.0 Å². The predicted molar refractivity (Wildman–Crippen MR) is 103 cm³/mol. The number of rotatable bonds is 4. The van der Waals surface area contributed by atoms with Crippen LogP contribution in [0.1, 0.15) is 32.5 Å². The molecule has 0 saturated carbocycles. The molecule has 1 atom stereocenters. The Balaban J connectivity index is 1.67. The number of hydrogen-bond acceptors (Lipinski definition) is 6. The summed E-state index contributed by atoms with van der Waals surface area (Å²) >= 11 is 1.27. The molecule has 4 rings (SSSR count). The number of aromatic nitrogens is 4. The number of pyridine rings is 1. The van der Waals surface area contributed by atoms with Gasteiger partial charge in [-0.05, 0) is 31.2 Å². The molecule has 0 amide bonds. The number of Topliss-reactive ketones (excluding diaryl/α,β-unsaturated/α-hetero) is 1. The number of alkyl halides is 3. The molecule has 0 spiro atoms. The average molecular weight is 427 g/mol. The summed E-state index contributed by atoms with van der Waals surface area (Å²) in [6.45, 7) is 1.59. The molecule has 1 unspecified atom stereocenters. The molecule has 4 aromatic rings. The number of hydrogen-bond donors (Lipinski definition) is 0. The highest BCUT2D eigenvalue weighted by Crippen LogP contribution is 2.31. The lowest BCUT2D eigenvalue weighted by molar-refractivity contribution is -0.137. The number of carbonyl (C=O) groups excluding carboxylic acids is 1. The summed E-state index contributed by atoms with van der Waals surface area (Å²) in [5.74, 6) is -1.46. The van der Waals surface area contributed by atoms with E-state index in [-0.39, 0.29) is 11.4 Å². The number of halogens is 3. The van der Waals surface area contributed by atoms with Gasteiger partial charge in [0.2, 0.25) is 0 Å². The highest BCUT2D eigenvalue weighted by atomic mass is 32.1. The van der Waals surface area contributed by atoms with Crippen LogP contribution >= 0.6 is 11.3 Å². The third-order valence-electron chi connectivity index (χ3n) is 4.52. The van der Waals surface area contributed by atoms with Gasteiger partial charge in [-0.15, -0.1) is 11.3 Å². The first-order valence-corrected chi connectivity index (χ1v) is 9.49. The zero-order valence-electron chi connectivity index (χ0n) is 15.4. The number of nitrogens with zero attached hydrogens (tertiary/aromatic N) is 5. The molecule has 3 aromatic heterocycles. The van der Waals surface area contributed by atoms with Crippen LogP contribution in [0.25, 0.3) is 16.0 Å². The van der Waals surface area contributed by atoms with Crippen molar-refractivity contribution in [1.29, 1.82) is 5.26 Å². The van der Waals surface area contributed by atoms with Crippen LogP contribution in [0.15, 0.2) is 48.8 Å². The van der Waals surface area contributed by atoms with Crippen molar-refractivity contribution in [3.05, 3.63) is 70.6 Å². The Labute approximate surface area is 172 Å². The van der Waals surface area contributed by atoms with Crippen molar-refractivity contribution in [2.75, 3.05) is 0 Å². The largest absolute Gasteiger partial charge is 0.417 e.